The van der Waals surface area contributed by atoms with Gasteiger partial charge in [-0.2, -0.15) is 0 Å². The largest absolute Gasteiger partial charge is 0.354 e. The zero-order valence-corrected chi connectivity index (χ0v) is 16.9. The molecule has 0 aromatic carbocycles. The molecule has 0 aliphatic carbocycles. The highest BCUT2D eigenvalue weighted by Gasteiger charge is 2.14. The number of aryl methyl sites for hydroxylation is 2. The molecule has 4 rings (SSSR count). The van der Waals surface area contributed by atoms with Crippen LogP contribution >= 0.6 is 0 Å². The van der Waals surface area contributed by atoms with Crippen LogP contribution in [-0.2, 0) is 0 Å². The molecular formula is C20H27N7O. The summed E-state index contributed by atoms with van der Waals surface area (Å²) in [6.07, 6.45) is 5.28. The van der Waals surface area contributed by atoms with Crippen LogP contribution < -0.4 is 15.5 Å². The highest BCUT2D eigenvalue weighted by atomic mass is 16.1. The normalized spacial score (nSPS) is 13.8. The number of nitrogens with one attached hydrogen (secondary N) is 2. The van der Waals surface area contributed by atoms with Crippen LogP contribution in [0.2, 0.25) is 0 Å². The summed E-state index contributed by atoms with van der Waals surface area (Å²) >= 11 is 0. The molecule has 8 heteroatoms. The second kappa shape index (κ2) is 8.79. The van der Waals surface area contributed by atoms with Crippen LogP contribution in [0.15, 0.2) is 30.7 Å². The number of nitrogens with zero attached hydrogens (tertiary/aromatic N) is 5. The molecule has 8 nitrogen and oxygen atoms in total. The molecule has 3 aromatic rings. The summed E-state index contributed by atoms with van der Waals surface area (Å²) in [4.78, 5) is 28.0. The van der Waals surface area contributed by atoms with E-state index < -0.39 is 0 Å². The Hall–Kier alpha value is -3.00. The zero-order valence-electron chi connectivity index (χ0n) is 16.9. The highest BCUT2D eigenvalue weighted by Crippen LogP contribution is 2.16. The van der Waals surface area contributed by atoms with Gasteiger partial charge in [-0.25, -0.2) is 9.97 Å². The predicted octanol–water partition coefficient (Wildman–Crippen LogP) is 2.43. The number of aromatic nitrogens is 4. The Morgan fingerprint density at radius 2 is 1.86 bits per heavy atom. The first kappa shape index (κ1) is 19.8. The molecule has 148 valence electrons. The third kappa shape index (κ3) is 4.28. The van der Waals surface area contributed by atoms with Crippen molar-refractivity contribution in [3.63, 3.8) is 0 Å². The number of fused-ring (bicyclic) bond motifs is 1. The molecule has 1 amide bonds. The van der Waals surface area contributed by atoms with E-state index in [1.54, 1.807) is 18.5 Å². The smallest absolute Gasteiger partial charge is 0.258 e. The fourth-order valence-corrected chi connectivity index (χ4v) is 3.15. The average molecular weight is 381 g/mol. The minimum atomic E-state index is -0.227. The van der Waals surface area contributed by atoms with Gasteiger partial charge in [0.25, 0.3) is 5.91 Å². The molecule has 1 aliphatic heterocycles. The van der Waals surface area contributed by atoms with Crippen molar-refractivity contribution in [1.29, 1.82) is 0 Å². The van der Waals surface area contributed by atoms with Crippen LogP contribution in [0.25, 0.3) is 5.65 Å². The van der Waals surface area contributed by atoms with Crippen molar-refractivity contribution in [3.05, 3.63) is 47.7 Å². The Morgan fingerprint density at radius 1 is 1.11 bits per heavy atom. The number of pyridine rings is 1. The molecule has 2 N–H and O–H groups in total. The summed E-state index contributed by atoms with van der Waals surface area (Å²) in [6.45, 7) is 11.6. The summed E-state index contributed by atoms with van der Waals surface area (Å²) in [5, 5.41) is 6.14. The Morgan fingerprint density at radius 3 is 2.54 bits per heavy atom. The molecule has 0 atom stereocenters. The van der Waals surface area contributed by atoms with E-state index in [2.05, 4.69) is 30.5 Å². The van der Waals surface area contributed by atoms with Gasteiger partial charge in [-0.15, -0.1) is 0 Å². The summed E-state index contributed by atoms with van der Waals surface area (Å²) in [5.74, 6) is 1.17. The van der Waals surface area contributed by atoms with Crippen LogP contribution in [0.5, 0.6) is 0 Å². The first-order valence-electron chi connectivity index (χ1n) is 9.66. The number of amides is 1. The van der Waals surface area contributed by atoms with Crippen LogP contribution in [0.1, 0.15) is 35.6 Å². The van der Waals surface area contributed by atoms with E-state index in [4.69, 9.17) is 0 Å². The fraction of sp³-hybridized carbons (Fsp3) is 0.400. The van der Waals surface area contributed by atoms with E-state index in [-0.39, 0.29) is 5.91 Å². The number of carbonyl (C=O) groups is 1. The van der Waals surface area contributed by atoms with E-state index >= 15 is 0 Å². The van der Waals surface area contributed by atoms with Crippen LogP contribution in [0.3, 0.4) is 0 Å². The second-order valence-electron chi connectivity index (χ2n) is 6.42. The van der Waals surface area contributed by atoms with Gasteiger partial charge in [-0.1, -0.05) is 13.8 Å². The summed E-state index contributed by atoms with van der Waals surface area (Å²) < 4.78 is 1.87. The van der Waals surface area contributed by atoms with Gasteiger partial charge < -0.3 is 19.9 Å². The van der Waals surface area contributed by atoms with Gasteiger partial charge in [-0.3, -0.25) is 9.78 Å². The number of imidazole rings is 1. The standard InChI is InChI=1S/C18H21N7O.C2H6/c1-12-10-25-11-15(22-17(25)13(2)21-12)23-18(26)14-3-4-16(20-9-14)24-7-5-19-6-8-24;1-2/h3-4,9-11,19H,5-8H2,1-2H3,(H,23,26);1-2H3. The average Bonchev–Trinajstić information content (AvgIpc) is 3.13. The van der Waals surface area contributed by atoms with Crippen molar-refractivity contribution in [2.45, 2.75) is 27.7 Å². The van der Waals surface area contributed by atoms with E-state index in [9.17, 15) is 4.79 Å². The number of rotatable bonds is 3. The molecule has 28 heavy (non-hydrogen) atoms. The minimum absolute atomic E-state index is 0.227. The van der Waals surface area contributed by atoms with Crippen molar-refractivity contribution >= 4 is 23.2 Å². The van der Waals surface area contributed by atoms with Gasteiger partial charge in [0.05, 0.1) is 23.1 Å². The van der Waals surface area contributed by atoms with E-state index in [1.165, 1.54) is 0 Å². The van der Waals surface area contributed by atoms with E-state index in [0.717, 1.165) is 49.0 Å². The lowest BCUT2D eigenvalue weighted by molar-refractivity contribution is 0.102. The molecule has 0 unspecified atom stereocenters. The van der Waals surface area contributed by atoms with Gasteiger partial charge in [0.1, 0.15) is 5.82 Å². The minimum Gasteiger partial charge on any atom is -0.354 e. The quantitative estimate of drug-likeness (QED) is 0.725. The molecule has 0 saturated carbocycles. The van der Waals surface area contributed by atoms with Gasteiger partial charge in [0.2, 0.25) is 0 Å². The first-order valence-corrected chi connectivity index (χ1v) is 9.66. The topological polar surface area (TPSA) is 87.5 Å². The molecule has 0 radical (unpaired) electrons. The number of hydrogen-bond donors (Lipinski definition) is 2. The number of carbonyl (C=O) groups excluding carboxylic acids is 1. The van der Waals surface area contributed by atoms with Crippen LogP contribution in [0.4, 0.5) is 11.6 Å². The maximum absolute atomic E-state index is 12.5. The van der Waals surface area contributed by atoms with Crippen molar-refractivity contribution in [3.8, 4) is 0 Å². The maximum atomic E-state index is 12.5. The summed E-state index contributed by atoms with van der Waals surface area (Å²) in [6, 6.07) is 3.69. The number of piperazine rings is 1. The van der Waals surface area contributed by atoms with Crippen molar-refractivity contribution in [1.82, 2.24) is 24.7 Å². The van der Waals surface area contributed by atoms with E-state index in [1.807, 2.05) is 44.4 Å². The van der Waals surface area contributed by atoms with Gasteiger partial charge in [0, 0.05) is 38.6 Å². The first-order chi connectivity index (χ1) is 13.6. The maximum Gasteiger partial charge on any atom is 0.258 e. The molecule has 1 saturated heterocycles. The molecule has 0 spiro atoms. The Bertz CT molecular complexity index is 943. The van der Waals surface area contributed by atoms with Crippen molar-refractivity contribution in [2.24, 2.45) is 0 Å². The Kier molecular flexibility index (Phi) is 6.20. The lowest BCUT2D eigenvalue weighted by atomic mass is 10.2. The van der Waals surface area contributed by atoms with Gasteiger partial charge >= 0.3 is 0 Å². The lowest BCUT2D eigenvalue weighted by Gasteiger charge is -2.28. The number of anilines is 2. The number of hydrogen-bond acceptors (Lipinski definition) is 6. The monoisotopic (exact) mass is 381 g/mol. The predicted molar refractivity (Wildman–Crippen MR) is 111 cm³/mol. The molecule has 1 fully saturated rings. The third-order valence-corrected chi connectivity index (χ3v) is 4.42. The van der Waals surface area contributed by atoms with Crippen molar-refractivity contribution in [2.75, 3.05) is 36.4 Å². The highest BCUT2D eigenvalue weighted by molar-refractivity contribution is 6.03. The Balaban J connectivity index is 0.00000109. The molecule has 4 heterocycles. The molecule has 0 bridgehead atoms. The van der Waals surface area contributed by atoms with Crippen LogP contribution in [0, 0.1) is 13.8 Å². The van der Waals surface area contributed by atoms with E-state index in [0.29, 0.717) is 11.4 Å². The fourth-order valence-electron chi connectivity index (χ4n) is 3.15. The zero-order chi connectivity index (χ0) is 20.1. The Labute approximate surface area is 165 Å². The molecule has 1 aliphatic rings. The van der Waals surface area contributed by atoms with Gasteiger partial charge in [-0.05, 0) is 26.0 Å². The molecule has 3 aromatic heterocycles. The summed E-state index contributed by atoms with van der Waals surface area (Å²) in [7, 11) is 0. The van der Waals surface area contributed by atoms with Crippen LogP contribution in [-0.4, -0.2) is 51.4 Å². The summed E-state index contributed by atoms with van der Waals surface area (Å²) in [5.41, 5.74) is 2.97. The molecular weight excluding hydrogens is 354 g/mol. The lowest BCUT2D eigenvalue weighted by Crippen LogP contribution is -2.43. The van der Waals surface area contributed by atoms with Gasteiger partial charge in [0.15, 0.2) is 11.5 Å². The SMILES string of the molecule is CC.Cc1cn2cc(NC(=O)c3ccc(N4CCNCC4)nc3)nc2c(C)n1. The second-order valence-corrected chi connectivity index (χ2v) is 6.42. The third-order valence-electron chi connectivity index (χ3n) is 4.42. The van der Waals surface area contributed by atoms with Crippen molar-refractivity contribution < 1.29 is 4.79 Å².